The normalized spacial score (nSPS) is 14.0. The van der Waals surface area contributed by atoms with Crippen LogP contribution in [0.3, 0.4) is 0 Å². The lowest BCUT2D eigenvalue weighted by Crippen LogP contribution is -2.47. The predicted molar refractivity (Wildman–Crippen MR) is 115 cm³/mol. The lowest BCUT2D eigenvalue weighted by molar-refractivity contribution is 0.0950. The van der Waals surface area contributed by atoms with Gasteiger partial charge in [-0.05, 0) is 30.2 Å². The van der Waals surface area contributed by atoms with Crippen molar-refractivity contribution in [3.63, 3.8) is 0 Å². The average molecular weight is 387 g/mol. The van der Waals surface area contributed by atoms with Gasteiger partial charge >= 0.3 is 0 Å². The molecule has 0 aliphatic carbocycles. The molecule has 1 saturated heterocycles. The number of anilines is 2. The van der Waals surface area contributed by atoms with Crippen LogP contribution >= 0.6 is 0 Å². The Labute approximate surface area is 171 Å². The molecule has 0 atom stereocenters. The molecule has 2 aromatic carbocycles. The van der Waals surface area contributed by atoms with Crippen LogP contribution in [0, 0.1) is 6.92 Å². The second kappa shape index (κ2) is 8.73. The molecule has 29 heavy (non-hydrogen) atoms. The molecule has 0 saturated carbocycles. The van der Waals surface area contributed by atoms with Gasteiger partial charge in [-0.1, -0.05) is 42.5 Å². The molecule has 1 aliphatic heterocycles. The molecule has 1 fully saturated rings. The van der Waals surface area contributed by atoms with Gasteiger partial charge in [0.05, 0.1) is 5.56 Å². The SMILES string of the molecule is Cc1cccc(N2CCN(c3ncc(C(=O)NCc4ccccc4)cn3)CC2)c1. The first-order chi connectivity index (χ1) is 14.2. The first kappa shape index (κ1) is 18.9. The third kappa shape index (κ3) is 4.71. The molecule has 6 heteroatoms. The number of benzene rings is 2. The number of amides is 1. The largest absolute Gasteiger partial charge is 0.368 e. The van der Waals surface area contributed by atoms with Crippen LogP contribution in [-0.4, -0.2) is 42.1 Å². The van der Waals surface area contributed by atoms with Gasteiger partial charge in [-0.25, -0.2) is 9.97 Å². The molecule has 3 aromatic rings. The van der Waals surface area contributed by atoms with Crippen LogP contribution in [0.1, 0.15) is 21.5 Å². The number of nitrogens with zero attached hydrogens (tertiary/aromatic N) is 4. The number of hydrogen-bond acceptors (Lipinski definition) is 5. The number of rotatable bonds is 5. The summed E-state index contributed by atoms with van der Waals surface area (Å²) in [4.78, 5) is 25.7. The Morgan fingerprint density at radius 3 is 2.31 bits per heavy atom. The summed E-state index contributed by atoms with van der Waals surface area (Å²) in [6.45, 7) is 6.16. The van der Waals surface area contributed by atoms with E-state index in [1.807, 2.05) is 30.3 Å². The molecule has 1 aliphatic rings. The summed E-state index contributed by atoms with van der Waals surface area (Å²) in [6, 6.07) is 18.4. The highest BCUT2D eigenvalue weighted by atomic mass is 16.1. The van der Waals surface area contributed by atoms with Crippen molar-refractivity contribution < 1.29 is 4.79 Å². The minimum absolute atomic E-state index is 0.162. The van der Waals surface area contributed by atoms with E-state index in [9.17, 15) is 4.79 Å². The Balaban J connectivity index is 1.32. The third-order valence-corrected chi connectivity index (χ3v) is 5.13. The molecule has 0 unspecified atom stereocenters. The quantitative estimate of drug-likeness (QED) is 0.729. The average Bonchev–Trinajstić information content (AvgIpc) is 2.78. The van der Waals surface area contributed by atoms with E-state index in [0.29, 0.717) is 18.1 Å². The van der Waals surface area contributed by atoms with Crippen molar-refractivity contribution >= 4 is 17.5 Å². The van der Waals surface area contributed by atoms with Gasteiger partial charge in [-0.2, -0.15) is 0 Å². The van der Waals surface area contributed by atoms with Gasteiger partial charge in [-0.15, -0.1) is 0 Å². The summed E-state index contributed by atoms with van der Waals surface area (Å²) in [6.07, 6.45) is 3.21. The highest BCUT2D eigenvalue weighted by molar-refractivity contribution is 5.93. The number of hydrogen-bond donors (Lipinski definition) is 1. The molecular weight excluding hydrogens is 362 g/mol. The molecule has 0 spiro atoms. The number of carbonyl (C=O) groups is 1. The summed E-state index contributed by atoms with van der Waals surface area (Å²) in [5, 5.41) is 2.90. The Morgan fingerprint density at radius 1 is 0.931 bits per heavy atom. The van der Waals surface area contributed by atoms with E-state index in [1.165, 1.54) is 11.3 Å². The zero-order valence-corrected chi connectivity index (χ0v) is 16.6. The van der Waals surface area contributed by atoms with Crippen LogP contribution in [0.4, 0.5) is 11.6 Å². The van der Waals surface area contributed by atoms with Gasteiger partial charge in [-0.3, -0.25) is 4.79 Å². The van der Waals surface area contributed by atoms with Crippen molar-refractivity contribution in [2.75, 3.05) is 36.0 Å². The Kier molecular flexibility index (Phi) is 5.70. The monoisotopic (exact) mass is 387 g/mol. The standard InChI is InChI=1S/C23H25N5O/c1-18-6-5-9-21(14-18)27-10-12-28(13-11-27)23-25-16-20(17-26-23)22(29)24-15-19-7-3-2-4-8-19/h2-9,14,16-17H,10-13,15H2,1H3,(H,24,29). The number of piperazine rings is 1. The topological polar surface area (TPSA) is 61.4 Å². The number of aryl methyl sites for hydroxylation is 1. The molecule has 1 aromatic heterocycles. The molecule has 6 nitrogen and oxygen atoms in total. The maximum atomic E-state index is 12.3. The molecule has 4 rings (SSSR count). The summed E-state index contributed by atoms with van der Waals surface area (Å²) < 4.78 is 0. The van der Waals surface area contributed by atoms with E-state index in [0.717, 1.165) is 31.7 Å². The Morgan fingerprint density at radius 2 is 1.62 bits per heavy atom. The van der Waals surface area contributed by atoms with Gasteiger partial charge in [0, 0.05) is 50.8 Å². The predicted octanol–water partition coefficient (Wildman–Crippen LogP) is 3.04. The molecule has 148 valence electrons. The summed E-state index contributed by atoms with van der Waals surface area (Å²) in [5.41, 5.74) is 4.07. The van der Waals surface area contributed by atoms with Crippen LogP contribution in [0.25, 0.3) is 0 Å². The van der Waals surface area contributed by atoms with Crippen LogP contribution in [-0.2, 0) is 6.54 Å². The molecule has 0 radical (unpaired) electrons. The summed E-state index contributed by atoms with van der Waals surface area (Å²) in [5.74, 6) is 0.512. The van der Waals surface area contributed by atoms with Crippen molar-refractivity contribution in [1.29, 1.82) is 0 Å². The number of aromatic nitrogens is 2. The van der Waals surface area contributed by atoms with Crippen molar-refractivity contribution in [1.82, 2.24) is 15.3 Å². The second-order valence-electron chi connectivity index (χ2n) is 7.25. The van der Waals surface area contributed by atoms with Gasteiger partial charge < -0.3 is 15.1 Å². The Hall–Kier alpha value is -3.41. The van der Waals surface area contributed by atoms with Crippen molar-refractivity contribution in [3.05, 3.63) is 83.7 Å². The first-order valence-electron chi connectivity index (χ1n) is 9.90. The van der Waals surface area contributed by atoms with Gasteiger partial charge in [0.1, 0.15) is 0 Å². The fourth-order valence-corrected chi connectivity index (χ4v) is 3.47. The van der Waals surface area contributed by atoms with E-state index in [-0.39, 0.29) is 5.91 Å². The van der Waals surface area contributed by atoms with E-state index >= 15 is 0 Å². The van der Waals surface area contributed by atoms with E-state index in [1.54, 1.807) is 12.4 Å². The van der Waals surface area contributed by atoms with E-state index in [4.69, 9.17) is 0 Å². The van der Waals surface area contributed by atoms with Crippen LogP contribution < -0.4 is 15.1 Å². The van der Waals surface area contributed by atoms with Crippen molar-refractivity contribution in [2.24, 2.45) is 0 Å². The molecule has 1 N–H and O–H groups in total. The minimum Gasteiger partial charge on any atom is -0.368 e. The maximum Gasteiger partial charge on any atom is 0.254 e. The van der Waals surface area contributed by atoms with Crippen molar-refractivity contribution in [2.45, 2.75) is 13.5 Å². The van der Waals surface area contributed by atoms with Gasteiger partial charge in [0.15, 0.2) is 0 Å². The van der Waals surface area contributed by atoms with Crippen molar-refractivity contribution in [3.8, 4) is 0 Å². The molecule has 2 heterocycles. The third-order valence-electron chi connectivity index (χ3n) is 5.13. The molecular formula is C23H25N5O. The number of carbonyl (C=O) groups excluding carboxylic acids is 1. The van der Waals surface area contributed by atoms with Crippen LogP contribution in [0.2, 0.25) is 0 Å². The van der Waals surface area contributed by atoms with Crippen LogP contribution in [0.5, 0.6) is 0 Å². The summed E-state index contributed by atoms with van der Waals surface area (Å²) in [7, 11) is 0. The molecule has 1 amide bonds. The fraction of sp³-hybridized carbons (Fsp3) is 0.261. The van der Waals surface area contributed by atoms with Crippen LogP contribution in [0.15, 0.2) is 67.0 Å². The summed E-state index contributed by atoms with van der Waals surface area (Å²) >= 11 is 0. The second-order valence-corrected chi connectivity index (χ2v) is 7.25. The van der Waals surface area contributed by atoms with Gasteiger partial charge in [0.2, 0.25) is 5.95 Å². The lowest BCUT2D eigenvalue weighted by atomic mass is 10.2. The van der Waals surface area contributed by atoms with Gasteiger partial charge in [0.25, 0.3) is 5.91 Å². The maximum absolute atomic E-state index is 12.3. The highest BCUT2D eigenvalue weighted by Gasteiger charge is 2.19. The zero-order valence-electron chi connectivity index (χ0n) is 16.6. The lowest BCUT2D eigenvalue weighted by Gasteiger charge is -2.36. The number of nitrogens with one attached hydrogen (secondary N) is 1. The minimum atomic E-state index is -0.162. The first-order valence-corrected chi connectivity index (χ1v) is 9.90. The van der Waals surface area contributed by atoms with E-state index < -0.39 is 0 Å². The smallest absolute Gasteiger partial charge is 0.254 e. The van der Waals surface area contributed by atoms with E-state index in [2.05, 4.69) is 56.3 Å². The zero-order chi connectivity index (χ0) is 20.1. The Bertz CT molecular complexity index is 951. The highest BCUT2D eigenvalue weighted by Crippen LogP contribution is 2.19. The fourth-order valence-electron chi connectivity index (χ4n) is 3.47. The molecule has 0 bridgehead atoms.